The fourth-order valence-corrected chi connectivity index (χ4v) is 3.26. The van der Waals surface area contributed by atoms with E-state index in [1.165, 1.54) is 12.1 Å². The van der Waals surface area contributed by atoms with Gasteiger partial charge in [0.15, 0.2) is 0 Å². The number of hydrogen-bond acceptors (Lipinski definition) is 2. The average molecular weight is 307 g/mol. The molecule has 6 heteroatoms. The van der Waals surface area contributed by atoms with Crippen LogP contribution in [0.3, 0.4) is 0 Å². The maximum atomic E-state index is 12.9. The Labute approximate surface area is 122 Å². The van der Waals surface area contributed by atoms with Gasteiger partial charge in [0, 0.05) is 19.6 Å². The molecule has 2 nitrogen and oxygen atoms in total. The second-order valence-corrected chi connectivity index (χ2v) is 5.53. The van der Waals surface area contributed by atoms with Gasteiger partial charge in [-0.25, -0.2) is 0 Å². The third kappa shape index (κ3) is 3.10. The summed E-state index contributed by atoms with van der Waals surface area (Å²) in [5, 5.41) is 3.34. The van der Waals surface area contributed by atoms with Gasteiger partial charge < -0.3 is 5.32 Å². The number of benzene rings is 1. The molecule has 0 spiro atoms. The standard InChI is InChI=1S/C14H17F3N2.ClH/c15-14(16,17)13-4-2-1-3-10(13)7-19-8-11-5-18-6-12(11)9-19;/h1-4,11-12,18H,5-9H2;1H/t11-,12+;. The Hall–Kier alpha value is -0.780. The molecule has 0 saturated carbocycles. The summed E-state index contributed by atoms with van der Waals surface area (Å²) in [6, 6.07) is 5.90. The summed E-state index contributed by atoms with van der Waals surface area (Å²) < 4.78 is 38.8. The third-order valence-corrected chi connectivity index (χ3v) is 4.18. The van der Waals surface area contributed by atoms with Gasteiger partial charge in [0.25, 0.3) is 0 Å². The summed E-state index contributed by atoms with van der Waals surface area (Å²) in [7, 11) is 0. The normalized spacial score (nSPS) is 26.4. The Kier molecular flexibility index (Phi) is 4.62. The number of hydrogen-bond donors (Lipinski definition) is 1. The van der Waals surface area contributed by atoms with Crippen LogP contribution in [0.25, 0.3) is 0 Å². The highest BCUT2D eigenvalue weighted by molar-refractivity contribution is 5.85. The van der Waals surface area contributed by atoms with Crippen LogP contribution in [-0.4, -0.2) is 31.1 Å². The van der Waals surface area contributed by atoms with Crippen molar-refractivity contribution in [2.24, 2.45) is 11.8 Å². The van der Waals surface area contributed by atoms with Gasteiger partial charge in [0.1, 0.15) is 0 Å². The van der Waals surface area contributed by atoms with Gasteiger partial charge in [-0.15, -0.1) is 12.4 Å². The molecule has 1 aromatic rings. The molecule has 1 N–H and O–H groups in total. The van der Waals surface area contributed by atoms with Crippen LogP contribution in [0.5, 0.6) is 0 Å². The predicted molar refractivity (Wildman–Crippen MR) is 73.8 cm³/mol. The topological polar surface area (TPSA) is 15.3 Å². The van der Waals surface area contributed by atoms with E-state index in [1.807, 2.05) is 0 Å². The molecule has 0 amide bonds. The van der Waals surface area contributed by atoms with Crippen LogP contribution in [0.2, 0.25) is 0 Å². The van der Waals surface area contributed by atoms with Crippen LogP contribution in [0.1, 0.15) is 11.1 Å². The minimum atomic E-state index is -4.26. The summed E-state index contributed by atoms with van der Waals surface area (Å²) in [4.78, 5) is 2.15. The quantitative estimate of drug-likeness (QED) is 0.904. The van der Waals surface area contributed by atoms with Gasteiger partial charge in [0.05, 0.1) is 5.56 Å². The lowest BCUT2D eigenvalue weighted by atomic mass is 10.0. The highest BCUT2D eigenvalue weighted by Crippen LogP contribution is 2.34. The van der Waals surface area contributed by atoms with Crippen molar-refractivity contribution >= 4 is 12.4 Å². The van der Waals surface area contributed by atoms with E-state index < -0.39 is 11.7 Å². The van der Waals surface area contributed by atoms with Crippen LogP contribution in [0, 0.1) is 11.8 Å². The SMILES string of the molecule is Cl.FC(F)(F)c1ccccc1CN1C[C@H]2CNC[C@H]2C1. The molecule has 2 atom stereocenters. The van der Waals surface area contributed by atoms with Crippen molar-refractivity contribution in [1.29, 1.82) is 0 Å². The summed E-state index contributed by atoms with van der Waals surface area (Å²) in [5.41, 5.74) is -0.104. The molecular weight excluding hydrogens is 289 g/mol. The number of halogens is 4. The van der Waals surface area contributed by atoms with Gasteiger partial charge >= 0.3 is 6.18 Å². The van der Waals surface area contributed by atoms with Crippen molar-refractivity contribution in [2.45, 2.75) is 12.7 Å². The molecule has 0 radical (unpaired) electrons. The highest BCUT2D eigenvalue weighted by Gasteiger charge is 2.37. The lowest BCUT2D eigenvalue weighted by Crippen LogP contribution is -2.26. The first-order valence-corrected chi connectivity index (χ1v) is 6.62. The predicted octanol–water partition coefficient (Wildman–Crippen LogP) is 2.78. The smallest absolute Gasteiger partial charge is 0.316 e. The zero-order valence-electron chi connectivity index (χ0n) is 11.0. The van der Waals surface area contributed by atoms with E-state index in [4.69, 9.17) is 0 Å². The molecule has 0 bridgehead atoms. The number of nitrogens with one attached hydrogen (secondary N) is 1. The summed E-state index contributed by atoms with van der Waals surface area (Å²) >= 11 is 0. The van der Waals surface area contributed by atoms with E-state index in [-0.39, 0.29) is 12.4 Å². The summed E-state index contributed by atoms with van der Waals surface area (Å²) in [6.07, 6.45) is -4.26. The molecular formula is C14H18ClF3N2. The van der Waals surface area contributed by atoms with Gasteiger partial charge in [-0.2, -0.15) is 13.2 Å². The highest BCUT2D eigenvalue weighted by atomic mass is 35.5. The maximum Gasteiger partial charge on any atom is 0.416 e. The van der Waals surface area contributed by atoms with Crippen LogP contribution < -0.4 is 5.32 Å². The largest absolute Gasteiger partial charge is 0.416 e. The van der Waals surface area contributed by atoms with Crippen LogP contribution in [0.4, 0.5) is 13.2 Å². The molecule has 2 aliphatic rings. The minimum absolute atomic E-state index is 0. The van der Waals surface area contributed by atoms with Crippen molar-refractivity contribution in [3.05, 3.63) is 35.4 Å². The van der Waals surface area contributed by atoms with E-state index in [2.05, 4.69) is 10.2 Å². The Morgan fingerprint density at radius 3 is 2.30 bits per heavy atom. The molecule has 2 aliphatic heterocycles. The molecule has 112 valence electrons. The van der Waals surface area contributed by atoms with Gasteiger partial charge in [-0.3, -0.25) is 4.90 Å². The minimum Gasteiger partial charge on any atom is -0.316 e. The molecule has 20 heavy (non-hydrogen) atoms. The molecule has 0 aliphatic carbocycles. The Morgan fingerprint density at radius 2 is 1.70 bits per heavy atom. The molecule has 1 aromatic carbocycles. The molecule has 0 unspecified atom stereocenters. The first-order valence-electron chi connectivity index (χ1n) is 6.62. The van der Waals surface area contributed by atoms with Gasteiger partial charge in [-0.1, -0.05) is 18.2 Å². The number of fused-ring (bicyclic) bond motifs is 1. The molecule has 2 heterocycles. The maximum absolute atomic E-state index is 12.9. The Bertz CT molecular complexity index is 452. The Balaban J connectivity index is 0.00000147. The van der Waals surface area contributed by atoms with Crippen molar-refractivity contribution < 1.29 is 13.2 Å². The zero-order chi connectivity index (χ0) is 13.5. The number of nitrogens with zero attached hydrogens (tertiary/aromatic N) is 1. The molecule has 2 saturated heterocycles. The van der Waals surface area contributed by atoms with E-state index in [0.29, 0.717) is 23.9 Å². The second kappa shape index (κ2) is 5.92. The fraction of sp³-hybridized carbons (Fsp3) is 0.571. The molecule has 3 rings (SSSR count). The van der Waals surface area contributed by atoms with Crippen LogP contribution in [-0.2, 0) is 12.7 Å². The van der Waals surface area contributed by atoms with Gasteiger partial charge in [-0.05, 0) is 36.6 Å². The third-order valence-electron chi connectivity index (χ3n) is 4.18. The first kappa shape index (κ1) is 15.6. The second-order valence-electron chi connectivity index (χ2n) is 5.53. The van der Waals surface area contributed by atoms with Crippen molar-refractivity contribution in [3.63, 3.8) is 0 Å². The van der Waals surface area contributed by atoms with Crippen LogP contribution >= 0.6 is 12.4 Å². The van der Waals surface area contributed by atoms with E-state index in [1.54, 1.807) is 12.1 Å². The number of alkyl halides is 3. The number of rotatable bonds is 2. The van der Waals surface area contributed by atoms with Crippen LogP contribution in [0.15, 0.2) is 24.3 Å². The number of likely N-dealkylation sites (tertiary alicyclic amines) is 1. The van der Waals surface area contributed by atoms with E-state index in [9.17, 15) is 13.2 Å². The average Bonchev–Trinajstić information content (AvgIpc) is 2.88. The van der Waals surface area contributed by atoms with E-state index >= 15 is 0 Å². The zero-order valence-corrected chi connectivity index (χ0v) is 11.8. The monoisotopic (exact) mass is 306 g/mol. The van der Waals surface area contributed by atoms with Crippen molar-refractivity contribution in [1.82, 2.24) is 10.2 Å². The Morgan fingerprint density at radius 1 is 1.10 bits per heavy atom. The van der Waals surface area contributed by atoms with Gasteiger partial charge in [0.2, 0.25) is 0 Å². The van der Waals surface area contributed by atoms with Crippen molar-refractivity contribution in [2.75, 3.05) is 26.2 Å². The molecule has 0 aromatic heterocycles. The first-order chi connectivity index (χ1) is 9.04. The van der Waals surface area contributed by atoms with E-state index in [0.717, 1.165) is 26.2 Å². The lowest BCUT2D eigenvalue weighted by molar-refractivity contribution is -0.138. The fourth-order valence-electron chi connectivity index (χ4n) is 3.26. The lowest BCUT2D eigenvalue weighted by Gasteiger charge is -2.20. The molecule has 2 fully saturated rings. The van der Waals surface area contributed by atoms with Crippen molar-refractivity contribution in [3.8, 4) is 0 Å². The summed E-state index contributed by atoms with van der Waals surface area (Å²) in [6.45, 7) is 4.22. The summed E-state index contributed by atoms with van der Waals surface area (Å²) in [5.74, 6) is 1.22.